The fraction of sp³-hybridized carbons (Fsp3) is 0.273. The molecule has 0 fully saturated rings. The molecule has 0 spiro atoms. The van der Waals surface area contributed by atoms with Crippen molar-refractivity contribution in [2.45, 2.75) is 13.5 Å². The van der Waals surface area contributed by atoms with E-state index in [1.807, 2.05) is 25.1 Å². The van der Waals surface area contributed by atoms with Crippen LogP contribution in [0.1, 0.15) is 12.8 Å². The van der Waals surface area contributed by atoms with Gasteiger partial charge in [0.15, 0.2) is 0 Å². The molecule has 0 saturated carbocycles. The summed E-state index contributed by atoms with van der Waals surface area (Å²) in [6, 6.07) is 7.71. The normalized spacial score (nSPS) is 10.5. The fourth-order valence-electron chi connectivity index (χ4n) is 1.29. The van der Waals surface area contributed by atoms with Gasteiger partial charge in [0.25, 0.3) is 0 Å². The van der Waals surface area contributed by atoms with E-state index in [1.54, 1.807) is 6.07 Å². The molecule has 0 bridgehead atoms. The van der Waals surface area contributed by atoms with E-state index >= 15 is 0 Å². The van der Waals surface area contributed by atoms with Crippen LogP contribution in [0.3, 0.4) is 0 Å². The molecule has 90 valence electrons. The van der Waals surface area contributed by atoms with Crippen LogP contribution in [0.25, 0.3) is 0 Å². The summed E-state index contributed by atoms with van der Waals surface area (Å²) in [6.45, 7) is 3.43. The van der Waals surface area contributed by atoms with Crippen molar-refractivity contribution in [2.75, 3.05) is 11.9 Å². The summed E-state index contributed by atoms with van der Waals surface area (Å²) in [6.07, 6.45) is 0. The van der Waals surface area contributed by atoms with Gasteiger partial charge in [-0.3, -0.25) is 0 Å². The lowest BCUT2D eigenvalue weighted by molar-refractivity contribution is 0.484. The summed E-state index contributed by atoms with van der Waals surface area (Å²) < 4.78 is 5.39. The van der Waals surface area contributed by atoms with E-state index in [1.165, 1.54) is 0 Å². The van der Waals surface area contributed by atoms with Crippen molar-refractivity contribution in [1.82, 2.24) is 15.5 Å². The number of rotatable bonds is 5. The maximum Gasteiger partial charge on any atom is 0.320 e. The number of benzene rings is 1. The number of aromatic nitrogens is 2. The van der Waals surface area contributed by atoms with Gasteiger partial charge in [0, 0.05) is 0 Å². The Balaban J connectivity index is 2.04. The van der Waals surface area contributed by atoms with Crippen molar-refractivity contribution in [3.8, 4) is 0 Å². The van der Waals surface area contributed by atoms with Crippen molar-refractivity contribution >= 4 is 23.3 Å². The minimum atomic E-state index is 0.339. The number of nitrogens with one attached hydrogen (secondary N) is 2. The lowest BCUT2D eigenvalue weighted by Crippen LogP contribution is -2.11. The van der Waals surface area contributed by atoms with E-state index in [9.17, 15) is 0 Å². The summed E-state index contributed by atoms with van der Waals surface area (Å²) in [4.78, 5) is 0. The Bertz CT molecular complexity index is 486. The van der Waals surface area contributed by atoms with Crippen LogP contribution in [-0.4, -0.2) is 16.7 Å². The molecule has 0 aliphatic heterocycles. The minimum Gasteiger partial charge on any atom is -0.406 e. The van der Waals surface area contributed by atoms with Crippen molar-refractivity contribution in [2.24, 2.45) is 0 Å². The molecular weight excluding hydrogens is 240 g/mol. The van der Waals surface area contributed by atoms with Gasteiger partial charge in [0.05, 0.1) is 17.3 Å². The molecule has 0 amide bonds. The Hall–Kier alpha value is -1.59. The van der Waals surface area contributed by atoms with E-state index in [2.05, 4.69) is 20.8 Å². The summed E-state index contributed by atoms with van der Waals surface area (Å²) >= 11 is 6.00. The van der Waals surface area contributed by atoms with Crippen LogP contribution in [0, 0.1) is 0 Å². The first kappa shape index (κ1) is 11.9. The molecule has 1 heterocycles. The topological polar surface area (TPSA) is 63.0 Å². The summed E-state index contributed by atoms with van der Waals surface area (Å²) in [5.74, 6) is 0.543. The van der Waals surface area contributed by atoms with Gasteiger partial charge >= 0.3 is 6.01 Å². The van der Waals surface area contributed by atoms with E-state index < -0.39 is 0 Å². The largest absolute Gasteiger partial charge is 0.406 e. The SMILES string of the molecule is CCNCc1nnc(Nc2ccccc2Cl)o1. The second-order valence-electron chi connectivity index (χ2n) is 3.39. The van der Waals surface area contributed by atoms with E-state index in [4.69, 9.17) is 16.0 Å². The number of halogens is 1. The molecule has 0 saturated heterocycles. The number of nitrogens with zero attached hydrogens (tertiary/aromatic N) is 2. The number of para-hydroxylation sites is 1. The second-order valence-corrected chi connectivity index (χ2v) is 3.79. The standard InChI is InChI=1S/C11H13ClN4O/c1-2-13-7-10-15-16-11(17-10)14-9-6-4-3-5-8(9)12/h3-6,13H,2,7H2,1H3,(H,14,16). The molecule has 2 rings (SSSR count). The van der Waals surface area contributed by atoms with Gasteiger partial charge < -0.3 is 15.1 Å². The van der Waals surface area contributed by atoms with Gasteiger partial charge in [-0.1, -0.05) is 35.8 Å². The molecular formula is C11H13ClN4O. The first-order chi connectivity index (χ1) is 8.29. The minimum absolute atomic E-state index is 0.339. The number of hydrogen-bond donors (Lipinski definition) is 2. The van der Waals surface area contributed by atoms with Crippen molar-refractivity contribution in [3.05, 3.63) is 35.2 Å². The van der Waals surface area contributed by atoms with Crippen LogP contribution in [0.15, 0.2) is 28.7 Å². The third kappa shape index (κ3) is 3.18. The highest BCUT2D eigenvalue weighted by Crippen LogP contribution is 2.23. The number of anilines is 2. The van der Waals surface area contributed by atoms with Gasteiger partial charge in [-0.05, 0) is 18.7 Å². The molecule has 6 heteroatoms. The summed E-state index contributed by atoms with van der Waals surface area (Å²) in [7, 11) is 0. The average Bonchev–Trinajstić information content (AvgIpc) is 2.77. The van der Waals surface area contributed by atoms with Gasteiger partial charge in [-0.15, -0.1) is 5.10 Å². The summed E-state index contributed by atoms with van der Waals surface area (Å²) in [5.41, 5.74) is 0.743. The maximum atomic E-state index is 6.00. The molecule has 0 aliphatic carbocycles. The van der Waals surface area contributed by atoms with Crippen LogP contribution >= 0.6 is 11.6 Å². The van der Waals surface area contributed by atoms with Gasteiger partial charge in [-0.2, -0.15) is 0 Å². The average molecular weight is 253 g/mol. The smallest absolute Gasteiger partial charge is 0.320 e. The molecule has 2 N–H and O–H groups in total. The van der Waals surface area contributed by atoms with Crippen LogP contribution in [0.4, 0.5) is 11.7 Å². The fourth-order valence-corrected chi connectivity index (χ4v) is 1.47. The van der Waals surface area contributed by atoms with E-state index in [-0.39, 0.29) is 0 Å². The predicted molar refractivity (Wildman–Crippen MR) is 66.4 cm³/mol. The quantitative estimate of drug-likeness (QED) is 0.856. The van der Waals surface area contributed by atoms with Crippen molar-refractivity contribution < 1.29 is 4.42 Å². The third-order valence-corrected chi connectivity index (χ3v) is 2.44. The van der Waals surface area contributed by atoms with Crippen LogP contribution in [-0.2, 0) is 6.54 Å². The van der Waals surface area contributed by atoms with E-state index in [0.29, 0.717) is 23.5 Å². The molecule has 0 aliphatic rings. The van der Waals surface area contributed by atoms with Crippen molar-refractivity contribution in [3.63, 3.8) is 0 Å². The Morgan fingerprint density at radius 2 is 2.12 bits per heavy atom. The molecule has 1 aromatic heterocycles. The molecule has 2 aromatic rings. The monoisotopic (exact) mass is 252 g/mol. The zero-order chi connectivity index (χ0) is 12.1. The lowest BCUT2D eigenvalue weighted by atomic mass is 10.3. The molecule has 17 heavy (non-hydrogen) atoms. The second kappa shape index (κ2) is 5.65. The maximum absolute atomic E-state index is 6.00. The lowest BCUT2D eigenvalue weighted by Gasteiger charge is -2.02. The van der Waals surface area contributed by atoms with Crippen LogP contribution < -0.4 is 10.6 Å². The van der Waals surface area contributed by atoms with Gasteiger partial charge in [0.1, 0.15) is 0 Å². The highest BCUT2D eigenvalue weighted by molar-refractivity contribution is 6.33. The zero-order valence-electron chi connectivity index (χ0n) is 9.40. The van der Waals surface area contributed by atoms with Crippen LogP contribution in [0.2, 0.25) is 5.02 Å². The zero-order valence-corrected chi connectivity index (χ0v) is 10.2. The first-order valence-corrected chi connectivity index (χ1v) is 5.72. The molecule has 0 unspecified atom stereocenters. The Morgan fingerprint density at radius 3 is 2.88 bits per heavy atom. The molecule has 0 atom stereocenters. The highest BCUT2D eigenvalue weighted by atomic mass is 35.5. The third-order valence-electron chi connectivity index (χ3n) is 2.11. The summed E-state index contributed by atoms with van der Waals surface area (Å²) in [5, 5.41) is 14.5. The van der Waals surface area contributed by atoms with E-state index in [0.717, 1.165) is 12.2 Å². The molecule has 1 aromatic carbocycles. The van der Waals surface area contributed by atoms with Crippen LogP contribution in [0.5, 0.6) is 0 Å². The number of hydrogen-bond acceptors (Lipinski definition) is 5. The van der Waals surface area contributed by atoms with Crippen molar-refractivity contribution in [1.29, 1.82) is 0 Å². The Labute approximate surface area is 104 Å². The first-order valence-electron chi connectivity index (χ1n) is 5.34. The van der Waals surface area contributed by atoms with Gasteiger partial charge in [-0.25, -0.2) is 0 Å². The molecule has 0 radical (unpaired) electrons. The predicted octanol–water partition coefficient (Wildman–Crippen LogP) is 2.58. The molecule has 5 nitrogen and oxygen atoms in total. The van der Waals surface area contributed by atoms with Gasteiger partial charge in [0.2, 0.25) is 5.89 Å². The highest BCUT2D eigenvalue weighted by Gasteiger charge is 2.06. The Kier molecular flexibility index (Phi) is 3.95. The Morgan fingerprint density at radius 1 is 1.29 bits per heavy atom.